The summed E-state index contributed by atoms with van der Waals surface area (Å²) in [4.78, 5) is 25.8. The predicted molar refractivity (Wildman–Crippen MR) is 85.2 cm³/mol. The molecule has 3 aliphatic rings. The van der Waals surface area contributed by atoms with E-state index < -0.39 is 11.4 Å². The van der Waals surface area contributed by atoms with Crippen LogP contribution >= 0.6 is 0 Å². The first-order valence-corrected chi connectivity index (χ1v) is 8.58. The monoisotopic (exact) mass is 338 g/mol. The van der Waals surface area contributed by atoms with Crippen molar-refractivity contribution >= 4 is 11.8 Å². The first-order valence-electron chi connectivity index (χ1n) is 8.58. The van der Waals surface area contributed by atoms with E-state index >= 15 is 0 Å². The summed E-state index contributed by atoms with van der Waals surface area (Å²) in [7, 11) is 2.97. The maximum absolute atomic E-state index is 13.2. The number of carbonyl (C=O) groups excluding carboxylic acids is 2. The lowest BCUT2D eigenvalue weighted by molar-refractivity contribution is -0.176. The third kappa shape index (κ3) is 2.80. The molecular weight excluding hydrogens is 312 g/mol. The van der Waals surface area contributed by atoms with Crippen LogP contribution in [0.15, 0.2) is 12.2 Å². The van der Waals surface area contributed by atoms with Crippen LogP contribution in [0.1, 0.15) is 32.1 Å². The molecule has 24 heavy (non-hydrogen) atoms. The molecule has 2 saturated carbocycles. The number of methoxy groups -OCH3 is 2. The van der Waals surface area contributed by atoms with Gasteiger partial charge in [0.1, 0.15) is 5.41 Å². The van der Waals surface area contributed by atoms with Gasteiger partial charge in [0.2, 0.25) is 0 Å². The van der Waals surface area contributed by atoms with Crippen molar-refractivity contribution in [1.82, 2.24) is 0 Å². The van der Waals surface area contributed by atoms with E-state index in [2.05, 4.69) is 6.58 Å². The zero-order valence-electron chi connectivity index (χ0n) is 14.4. The Morgan fingerprint density at radius 3 is 2.62 bits per heavy atom. The summed E-state index contributed by atoms with van der Waals surface area (Å²) in [6.45, 7) is 5.26. The minimum absolute atomic E-state index is 0.0434. The van der Waals surface area contributed by atoms with Crippen molar-refractivity contribution < 1.29 is 28.5 Å². The molecule has 3 rings (SSSR count). The lowest BCUT2D eigenvalue weighted by Crippen LogP contribution is -2.59. The van der Waals surface area contributed by atoms with Gasteiger partial charge >= 0.3 is 5.97 Å². The summed E-state index contributed by atoms with van der Waals surface area (Å²) in [6, 6.07) is 0. The van der Waals surface area contributed by atoms with Gasteiger partial charge in [-0.25, -0.2) is 0 Å². The van der Waals surface area contributed by atoms with Crippen LogP contribution in [0.2, 0.25) is 0 Å². The van der Waals surface area contributed by atoms with Crippen LogP contribution in [0.5, 0.6) is 0 Å². The smallest absolute Gasteiger partial charge is 0.319 e. The summed E-state index contributed by atoms with van der Waals surface area (Å²) in [5, 5.41) is 0. The molecule has 0 amide bonds. The van der Waals surface area contributed by atoms with E-state index in [4.69, 9.17) is 18.9 Å². The van der Waals surface area contributed by atoms with Crippen LogP contribution in [0.4, 0.5) is 0 Å². The second-order valence-electron chi connectivity index (χ2n) is 7.02. The number of allylic oxidation sites excluding steroid dienone is 1. The number of hydrogen-bond acceptors (Lipinski definition) is 6. The quantitative estimate of drug-likeness (QED) is 0.433. The molecular formula is C18H26O6. The van der Waals surface area contributed by atoms with Crippen molar-refractivity contribution in [2.45, 2.75) is 44.5 Å². The first kappa shape index (κ1) is 17.6. The van der Waals surface area contributed by atoms with E-state index in [9.17, 15) is 9.59 Å². The lowest BCUT2D eigenvalue weighted by atomic mass is 9.53. The molecule has 4 atom stereocenters. The summed E-state index contributed by atoms with van der Waals surface area (Å²) in [6.07, 6.45) is 2.53. The van der Waals surface area contributed by atoms with Gasteiger partial charge < -0.3 is 18.9 Å². The van der Waals surface area contributed by atoms with Crippen LogP contribution in [0, 0.1) is 17.3 Å². The van der Waals surface area contributed by atoms with Crippen LogP contribution in [-0.4, -0.2) is 51.6 Å². The number of ether oxygens (including phenoxy) is 4. The summed E-state index contributed by atoms with van der Waals surface area (Å²) < 4.78 is 21.6. The van der Waals surface area contributed by atoms with Crippen molar-refractivity contribution in [2.24, 2.45) is 17.3 Å². The van der Waals surface area contributed by atoms with Gasteiger partial charge in [0.15, 0.2) is 12.1 Å². The molecule has 0 spiro atoms. The molecule has 3 fully saturated rings. The highest BCUT2D eigenvalue weighted by Crippen LogP contribution is 2.54. The Hall–Kier alpha value is -1.24. The van der Waals surface area contributed by atoms with Crippen molar-refractivity contribution in [2.75, 3.05) is 27.4 Å². The Balaban J connectivity index is 1.88. The van der Waals surface area contributed by atoms with Crippen LogP contribution in [0.3, 0.4) is 0 Å². The van der Waals surface area contributed by atoms with Gasteiger partial charge in [0.25, 0.3) is 0 Å². The Kier molecular flexibility index (Phi) is 5.08. The van der Waals surface area contributed by atoms with Gasteiger partial charge in [-0.1, -0.05) is 12.2 Å². The number of carbonyl (C=O) groups is 2. The Morgan fingerprint density at radius 2 is 2.00 bits per heavy atom. The van der Waals surface area contributed by atoms with Gasteiger partial charge in [-0.3, -0.25) is 9.59 Å². The molecule has 2 bridgehead atoms. The molecule has 1 aliphatic heterocycles. The zero-order valence-corrected chi connectivity index (χ0v) is 14.4. The highest BCUT2D eigenvalue weighted by molar-refractivity contribution is 6.07. The molecule has 2 unspecified atom stereocenters. The fraction of sp³-hybridized carbons (Fsp3) is 0.778. The molecule has 0 N–H and O–H groups in total. The lowest BCUT2D eigenvalue weighted by Gasteiger charge is -2.50. The Labute approximate surface area is 142 Å². The number of rotatable bonds is 5. The van der Waals surface area contributed by atoms with Gasteiger partial charge in [-0.2, -0.15) is 0 Å². The molecule has 0 aromatic heterocycles. The molecule has 134 valence electrons. The summed E-state index contributed by atoms with van der Waals surface area (Å²) in [5.41, 5.74) is -0.201. The largest absolute Gasteiger partial charge is 0.468 e. The molecule has 6 nitrogen and oxygen atoms in total. The van der Waals surface area contributed by atoms with Crippen molar-refractivity contribution in [3.8, 4) is 0 Å². The number of hydrogen-bond donors (Lipinski definition) is 0. The maximum Gasteiger partial charge on any atom is 0.319 e. The van der Waals surface area contributed by atoms with E-state index in [1.807, 2.05) is 0 Å². The van der Waals surface area contributed by atoms with Crippen molar-refractivity contribution in [1.29, 1.82) is 0 Å². The molecule has 6 heteroatoms. The minimum Gasteiger partial charge on any atom is -0.468 e. The van der Waals surface area contributed by atoms with Gasteiger partial charge in [-0.15, -0.1) is 0 Å². The molecule has 0 aromatic carbocycles. The van der Waals surface area contributed by atoms with Gasteiger partial charge in [0, 0.05) is 13.0 Å². The summed E-state index contributed by atoms with van der Waals surface area (Å²) >= 11 is 0. The second-order valence-corrected chi connectivity index (χ2v) is 7.02. The molecule has 2 aliphatic carbocycles. The SMILES string of the molecule is C=C1C[C@H]2C(=O)[C@](C(=O)OC)(C1)C(CCC1OCCO1)CC2OC. The Morgan fingerprint density at radius 1 is 1.29 bits per heavy atom. The van der Waals surface area contributed by atoms with Gasteiger partial charge in [0.05, 0.1) is 26.4 Å². The van der Waals surface area contributed by atoms with Crippen LogP contribution in [0.25, 0.3) is 0 Å². The third-order valence-corrected chi connectivity index (χ3v) is 5.77. The standard InChI is InChI=1S/C18H26O6/c1-11-8-13-14(21-2)9-12(4-5-15-23-6-7-24-15)18(10-11,16(13)19)17(20)22-3/h12-15H,1,4-10H2,2-3H3/t12?,13-,14?,18+/m1/s1. The van der Waals surface area contributed by atoms with Crippen LogP contribution < -0.4 is 0 Å². The highest BCUT2D eigenvalue weighted by atomic mass is 16.7. The number of ketones is 1. The van der Waals surface area contributed by atoms with E-state index in [1.165, 1.54) is 7.11 Å². The van der Waals surface area contributed by atoms with E-state index in [1.54, 1.807) is 7.11 Å². The number of esters is 1. The average molecular weight is 338 g/mol. The third-order valence-electron chi connectivity index (χ3n) is 5.77. The predicted octanol–water partition coefficient (Wildman–Crippen LogP) is 1.87. The number of fused-ring (bicyclic) bond motifs is 2. The van der Waals surface area contributed by atoms with Crippen molar-refractivity contribution in [3.05, 3.63) is 12.2 Å². The molecule has 0 aromatic rings. The Bertz CT molecular complexity index is 524. The van der Waals surface area contributed by atoms with Crippen LogP contribution in [-0.2, 0) is 28.5 Å². The highest BCUT2D eigenvalue weighted by Gasteiger charge is 2.62. The minimum atomic E-state index is -1.12. The zero-order chi connectivity index (χ0) is 17.3. The fourth-order valence-corrected chi connectivity index (χ4v) is 4.64. The number of Topliss-reactive ketones (excluding diaryl/α,β-unsaturated/α-hetero) is 1. The second kappa shape index (κ2) is 6.94. The normalized spacial score (nSPS) is 36.8. The summed E-state index contributed by atoms with van der Waals surface area (Å²) in [5.74, 6) is -0.932. The first-order chi connectivity index (χ1) is 11.5. The maximum atomic E-state index is 13.2. The van der Waals surface area contributed by atoms with Crippen molar-refractivity contribution in [3.63, 3.8) is 0 Å². The van der Waals surface area contributed by atoms with E-state index in [0.29, 0.717) is 45.3 Å². The topological polar surface area (TPSA) is 71.1 Å². The molecule has 0 radical (unpaired) electrons. The van der Waals surface area contributed by atoms with E-state index in [-0.39, 0.29) is 30.0 Å². The van der Waals surface area contributed by atoms with E-state index in [0.717, 1.165) is 5.57 Å². The average Bonchev–Trinajstić information content (AvgIpc) is 3.08. The molecule has 1 heterocycles. The van der Waals surface area contributed by atoms with Gasteiger partial charge in [-0.05, 0) is 38.0 Å². The fourth-order valence-electron chi connectivity index (χ4n) is 4.64. The molecule has 1 saturated heterocycles.